The highest BCUT2D eigenvalue weighted by Crippen LogP contribution is 2.29. The molecule has 2 aromatic rings. The second kappa shape index (κ2) is 4.48. The van der Waals surface area contributed by atoms with Crippen LogP contribution in [0.15, 0.2) is 27.5 Å². The molecule has 2 rings (SSSR count). The molecule has 0 aliphatic rings. The van der Waals surface area contributed by atoms with Gasteiger partial charge in [0.2, 0.25) is 6.17 Å². The van der Waals surface area contributed by atoms with Gasteiger partial charge < -0.3 is 0 Å². The van der Waals surface area contributed by atoms with Gasteiger partial charge in [0, 0.05) is 9.86 Å². The number of aromatic amines is 1. The summed E-state index contributed by atoms with van der Waals surface area (Å²) in [5, 5.41) is 5.57. The Morgan fingerprint density at radius 2 is 1.94 bits per heavy atom. The first-order valence-electron chi connectivity index (χ1n) is 4.61. The van der Waals surface area contributed by atoms with E-state index in [1.165, 1.54) is 12.1 Å². The average molecular weight is 307 g/mol. The number of halogens is 4. The lowest BCUT2D eigenvalue weighted by molar-refractivity contribution is 0.0476. The van der Waals surface area contributed by atoms with Crippen LogP contribution in [0, 0.1) is 0 Å². The summed E-state index contributed by atoms with van der Waals surface area (Å²) in [4.78, 5) is 11.4. The van der Waals surface area contributed by atoms with Gasteiger partial charge >= 0.3 is 0 Å². The highest BCUT2D eigenvalue weighted by Gasteiger charge is 2.26. The number of hydrogen-bond acceptors (Lipinski definition) is 2. The molecule has 1 aromatic heterocycles. The van der Waals surface area contributed by atoms with Crippen molar-refractivity contribution in [1.29, 1.82) is 0 Å². The smallest absolute Gasteiger partial charge is 0.267 e. The van der Waals surface area contributed by atoms with E-state index in [1.54, 1.807) is 6.07 Å². The minimum atomic E-state index is -3.18. The van der Waals surface area contributed by atoms with Gasteiger partial charge in [-0.25, -0.2) is 18.3 Å². The van der Waals surface area contributed by atoms with Crippen molar-refractivity contribution in [3.8, 4) is 0 Å². The van der Waals surface area contributed by atoms with Crippen molar-refractivity contribution in [3.05, 3.63) is 38.7 Å². The predicted octanol–water partition coefficient (Wildman–Crippen LogP) is 2.96. The number of aromatic nitrogens is 2. The molecular weight excluding hydrogens is 301 g/mol. The van der Waals surface area contributed by atoms with Gasteiger partial charge in [-0.3, -0.25) is 4.79 Å². The van der Waals surface area contributed by atoms with Crippen LogP contribution in [0.1, 0.15) is 11.9 Å². The van der Waals surface area contributed by atoms with E-state index in [2.05, 4.69) is 21.0 Å². The van der Waals surface area contributed by atoms with Crippen LogP contribution in [-0.4, -0.2) is 16.6 Å². The molecule has 0 aliphatic carbocycles. The molecule has 1 atom stereocenters. The number of H-pyrrole nitrogens is 1. The third-order valence-corrected chi connectivity index (χ3v) is 2.76. The molecule has 0 saturated carbocycles. The van der Waals surface area contributed by atoms with Crippen LogP contribution in [0.5, 0.6) is 0 Å². The summed E-state index contributed by atoms with van der Waals surface area (Å²) < 4.78 is 38.5. The molecule has 0 amide bonds. The Balaban J connectivity index is 2.76. The van der Waals surface area contributed by atoms with Crippen LogP contribution in [0.2, 0.25) is 0 Å². The zero-order valence-electron chi connectivity index (χ0n) is 8.25. The Morgan fingerprint density at radius 3 is 2.59 bits per heavy atom. The fraction of sp³-hybridized carbons (Fsp3) is 0.200. The second-order valence-corrected chi connectivity index (χ2v) is 4.28. The zero-order valence-corrected chi connectivity index (χ0v) is 9.84. The molecule has 1 unspecified atom stereocenters. The Kier molecular flexibility index (Phi) is 3.19. The first kappa shape index (κ1) is 12.1. The lowest BCUT2D eigenvalue weighted by Gasteiger charge is -2.09. The summed E-state index contributed by atoms with van der Waals surface area (Å²) in [5.74, 6) is 0. The van der Waals surface area contributed by atoms with Gasteiger partial charge in [0.1, 0.15) is 5.69 Å². The molecule has 17 heavy (non-hydrogen) atoms. The van der Waals surface area contributed by atoms with E-state index in [-0.39, 0.29) is 10.8 Å². The minimum absolute atomic E-state index is 0.0796. The molecule has 90 valence electrons. The van der Waals surface area contributed by atoms with Crippen molar-refractivity contribution in [2.45, 2.75) is 12.6 Å². The van der Waals surface area contributed by atoms with Gasteiger partial charge in [0.05, 0.1) is 5.39 Å². The van der Waals surface area contributed by atoms with Gasteiger partial charge in [-0.2, -0.15) is 5.10 Å². The molecule has 7 heteroatoms. The number of benzene rings is 1. The predicted molar refractivity (Wildman–Crippen MR) is 59.9 cm³/mol. The Hall–Kier alpha value is -1.37. The number of nitrogens with zero attached hydrogens (tertiary/aromatic N) is 1. The summed E-state index contributed by atoms with van der Waals surface area (Å²) in [6, 6.07) is 4.38. The number of rotatable bonds is 2. The first-order chi connectivity index (χ1) is 8.00. The topological polar surface area (TPSA) is 45.8 Å². The van der Waals surface area contributed by atoms with Crippen molar-refractivity contribution in [2.24, 2.45) is 0 Å². The molecule has 0 aliphatic heterocycles. The lowest BCUT2D eigenvalue weighted by Crippen LogP contribution is -2.15. The van der Waals surface area contributed by atoms with Gasteiger partial charge in [0.15, 0.2) is 0 Å². The number of nitrogens with one attached hydrogen (secondary N) is 1. The van der Waals surface area contributed by atoms with Crippen LogP contribution < -0.4 is 5.56 Å². The monoisotopic (exact) mass is 306 g/mol. The largest absolute Gasteiger partial charge is 0.275 e. The third kappa shape index (κ3) is 2.19. The average Bonchev–Trinajstić information content (AvgIpc) is 2.28. The van der Waals surface area contributed by atoms with Crippen molar-refractivity contribution < 1.29 is 13.2 Å². The van der Waals surface area contributed by atoms with E-state index < -0.39 is 23.9 Å². The lowest BCUT2D eigenvalue weighted by atomic mass is 10.1. The summed E-state index contributed by atoms with van der Waals surface area (Å²) in [6.45, 7) is 0. The summed E-state index contributed by atoms with van der Waals surface area (Å²) in [7, 11) is 0. The molecule has 3 nitrogen and oxygen atoms in total. The minimum Gasteiger partial charge on any atom is -0.267 e. The van der Waals surface area contributed by atoms with Crippen LogP contribution in [0.4, 0.5) is 13.2 Å². The van der Waals surface area contributed by atoms with Gasteiger partial charge in [-0.1, -0.05) is 15.9 Å². The second-order valence-electron chi connectivity index (χ2n) is 3.36. The van der Waals surface area contributed by atoms with Crippen molar-refractivity contribution >= 4 is 26.7 Å². The van der Waals surface area contributed by atoms with E-state index in [0.717, 1.165) is 0 Å². The Morgan fingerprint density at radius 1 is 1.24 bits per heavy atom. The van der Waals surface area contributed by atoms with Crippen molar-refractivity contribution in [1.82, 2.24) is 10.2 Å². The number of hydrogen-bond donors (Lipinski definition) is 1. The van der Waals surface area contributed by atoms with Crippen molar-refractivity contribution in [3.63, 3.8) is 0 Å². The van der Waals surface area contributed by atoms with E-state index in [4.69, 9.17) is 0 Å². The van der Waals surface area contributed by atoms with Crippen LogP contribution in [0.25, 0.3) is 10.8 Å². The maximum atomic E-state index is 13.3. The summed E-state index contributed by atoms with van der Waals surface area (Å²) >= 11 is 3.13. The summed E-state index contributed by atoms with van der Waals surface area (Å²) in [5.41, 5.74) is -1.01. The van der Waals surface area contributed by atoms with Gasteiger partial charge in [-0.05, 0) is 18.2 Å². The SMILES string of the molecule is O=c1[nH]nc(C(F)C(F)F)c2cc(Br)ccc12. The maximum Gasteiger partial charge on any atom is 0.275 e. The zero-order chi connectivity index (χ0) is 12.6. The normalized spacial score (nSPS) is 13.2. The van der Waals surface area contributed by atoms with E-state index >= 15 is 0 Å². The van der Waals surface area contributed by atoms with Crippen molar-refractivity contribution in [2.75, 3.05) is 0 Å². The quantitative estimate of drug-likeness (QED) is 0.927. The first-order valence-corrected chi connectivity index (χ1v) is 5.40. The number of alkyl halides is 3. The molecule has 0 radical (unpaired) electrons. The summed E-state index contributed by atoms with van der Waals surface area (Å²) in [6.07, 6.45) is -5.71. The third-order valence-electron chi connectivity index (χ3n) is 2.26. The molecule has 0 bridgehead atoms. The van der Waals surface area contributed by atoms with E-state index in [0.29, 0.717) is 4.47 Å². The fourth-order valence-electron chi connectivity index (χ4n) is 1.49. The number of fused-ring (bicyclic) bond motifs is 1. The van der Waals surface area contributed by atoms with E-state index in [9.17, 15) is 18.0 Å². The van der Waals surface area contributed by atoms with E-state index in [1.807, 2.05) is 5.10 Å². The standard InChI is InChI=1S/C10H6BrF3N2O/c11-4-1-2-5-6(3-4)8(7(12)9(13)14)15-16-10(5)17/h1-3,7,9H,(H,16,17). The maximum absolute atomic E-state index is 13.3. The highest BCUT2D eigenvalue weighted by atomic mass is 79.9. The molecule has 1 heterocycles. The van der Waals surface area contributed by atoms with Gasteiger partial charge in [-0.15, -0.1) is 0 Å². The fourth-order valence-corrected chi connectivity index (χ4v) is 1.85. The molecular formula is C10H6BrF3N2O. The molecule has 0 fully saturated rings. The molecule has 0 spiro atoms. The van der Waals surface area contributed by atoms with Crippen LogP contribution >= 0.6 is 15.9 Å². The van der Waals surface area contributed by atoms with Crippen LogP contribution in [-0.2, 0) is 0 Å². The van der Waals surface area contributed by atoms with Crippen LogP contribution in [0.3, 0.4) is 0 Å². The molecule has 1 N–H and O–H groups in total. The Bertz CT molecular complexity index is 614. The van der Waals surface area contributed by atoms with Gasteiger partial charge in [0.25, 0.3) is 12.0 Å². The highest BCUT2D eigenvalue weighted by molar-refractivity contribution is 9.10. The molecule has 1 aromatic carbocycles. The Labute approximate surface area is 102 Å². The molecule has 0 saturated heterocycles.